The highest BCUT2D eigenvalue weighted by molar-refractivity contribution is 5.76. The summed E-state index contributed by atoms with van der Waals surface area (Å²) < 4.78 is 2.02. The van der Waals surface area contributed by atoms with Gasteiger partial charge in [0.1, 0.15) is 0 Å². The summed E-state index contributed by atoms with van der Waals surface area (Å²) in [6, 6.07) is 8.37. The Bertz CT molecular complexity index is 992. The van der Waals surface area contributed by atoms with Crippen molar-refractivity contribution in [2.45, 2.75) is 52.5 Å². The number of hydrogen-bond donors (Lipinski definition) is 1. The third-order valence-corrected chi connectivity index (χ3v) is 5.52. The molecule has 6 nitrogen and oxygen atoms in total. The van der Waals surface area contributed by atoms with Crippen molar-refractivity contribution in [1.82, 2.24) is 25.1 Å². The van der Waals surface area contributed by atoms with Crippen LogP contribution in [0.15, 0.2) is 49.1 Å². The molecule has 1 amide bonds. The number of benzene rings is 1. The molecule has 1 aromatic carbocycles. The molecular weight excluding hydrogens is 362 g/mol. The van der Waals surface area contributed by atoms with E-state index in [1.165, 1.54) is 11.3 Å². The van der Waals surface area contributed by atoms with Crippen LogP contribution in [0.2, 0.25) is 0 Å². The largest absolute Gasteiger partial charge is 0.349 e. The second-order valence-corrected chi connectivity index (χ2v) is 8.66. The molecule has 0 aliphatic heterocycles. The van der Waals surface area contributed by atoms with E-state index in [-0.39, 0.29) is 17.4 Å². The second-order valence-electron chi connectivity index (χ2n) is 8.66. The van der Waals surface area contributed by atoms with Crippen molar-refractivity contribution in [1.29, 1.82) is 0 Å². The van der Waals surface area contributed by atoms with Crippen LogP contribution < -0.4 is 5.32 Å². The lowest BCUT2D eigenvalue weighted by molar-refractivity contribution is -0.122. The van der Waals surface area contributed by atoms with Gasteiger partial charge < -0.3 is 5.32 Å². The lowest BCUT2D eigenvalue weighted by atomic mass is 9.74. The third kappa shape index (κ3) is 4.36. The molecule has 0 radical (unpaired) electrons. The van der Waals surface area contributed by atoms with Gasteiger partial charge >= 0.3 is 0 Å². The number of aromatic nitrogens is 4. The molecule has 1 N–H and O–H groups in total. The van der Waals surface area contributed by atoms with Crippen LogP contribution in [0, 0.1) is 12.3 Å². The number of nitrogens with one attached hydrogen (secondary N) is 1. The van der Waals surface area contributed by atoms with Gasteiger partial charge in [-0.25, -0.2) is 4.68 Å². The van der Waals surface area contributed by atoms with Crippen molar-refractivity contribution in [2.75, 3.05) is 0 Å². The highest BCUT2D eigenvalue weighted by Gasteiger charge is 2.35. The van der Waals surface area contributed by atoms with E-state index in [0.717, 1.165) is 29.8 Å². The maximum absolute atomic E-state index is 12.6. The maximum Gasteiger partial charge on any atom is 0.220 e. The van der Waals surface area contributed by atoms with Crippen LogP contribution in [0.5, 0.6) is 0 Å². The zero-order chi connectivity index (χ0) is 20.4. The van der Waals surface area contributed by atoms with Crippen LogP contribution in [0.3, 0.4) is 0 Å². The number of carbonyl (C=O) groups excluding carboxylic acids is 1. The van der Waals surface area contributed by atoms with Gasteiger partial charge in [-0.05, 0) is 43.7 Å². The van der Waals surface area contributed by atoms with Gasteiger partial charge in [0.05, 0.1) is 29.3 Å². The minimum absolute atomic E-state index is 0.0256. The van der Waals surface area contributed by atoms with Gasteiger partial charge in [-0.2, -0.15) is 5.10 Å². The predicted octanol–water partition coefficient (Wildman–Crippen LogP) is 3.73. The Kier molecular flexibility index (Phi) is 5.18. The summed E-state index contributed by atoms with van der Waals surface area (Å²) in [5, 5.41) is 7.90. The summed E-state index contributed by atoms with van der Waals surface area (Å²) >= 11 is 0. The molecule has 2 heterocycles. The first-order valence-electron chi connectivity index (χ1n) is 10.1. The van der Waals surface area contributed by atoms with E-state index in [0.29, 0.717) is 12.8 Å². The third-order valence-electron chi connectivity index (χ3n) is 5.52. The molecule has 0 saturated heterocycles. The number of aryl methyl sites for hydroxylation is 2. The van der Waals surface area contributed by atoms with E-state index in [4.69, 9.17) is 0 Å². The normalized spacial score (nSPS) is 17.6. The molecule has 29 heavy (non-hydrogen) atoms. The Morgan fingerprint density at radius 2 is 2.00 bits per heavy atom. The number of carbonyl (C=O) groups is 1. The van der Waals surface area contributed by atoms with Crippen LogP contribution in [-0.2, 0) is 17.6 Å². The van der Waals surface area contributed by atoms with Crippen LogP contribution >= 0.6 is 0 Å². The molecule has 0 unspecified atom stereocenters. The van der Waals surface area contributed by atoms with Crippen LogP contribution in [0.25, 0.3) is 5.69 Å². The smallest absolute Gasteiger partial charge is 0.220 e. The van der Waals surface area contributed by atoms with Crippen LogP contribution in [-0.4, -0.2) is 25.7 Å². The van der Waals surface area contributed by atoms with Gasteiger partial charge in [0.2, 0.25) is 5.91 Å². The van der Waals surface area contributed by atoms with E-state index >= 15 is 0 Å². The highest BCUT2D eigenvalue weighted by Crippen LogP contribution is 2.41. The van der Waals surface area contributed by atoms with Crippen molar-refractivity contribution in [3.05, 3.63) is 71.6 Å². The minimum Gasteiger partial charge on any atom is -0.349 e. The second kappa shape index (κ2) is 7.78. The monoisotopic (exact) mass is 389 g/mol. The molecule has 2 aromatic heterocycles. The van der Waals surface area contributed by atoms with Crippen LogP contribution in [0.1, 0.15) is 55.2 Å². The lowest BCUT2D eigenvalue weighted by Crippen LogP contribution is -2.36. The van der Waals surface area contributed by atoms with Crippen molar-refractivity contribution in [3.63, 3.8) is 0 Å². The van der Waals surface area contributed by atoms with Gasteiger partial charge in [-0.3, -0.25) is 14.8 Å². The number of hydrogen-bond acceptors (Lipinski definition) is 4. The highest BCUT2D eigenvalue weighted by atomic mass is 16.1. The molecular formula is C23H27N5O. The Morgan fingerprint density at radius 3 is 2.72 bits per heavy atom. The summed E-state index contributed by atoms with van der Waals surface area (Å²) in [6.07, 6.45) is 9.74. The van der Waals surface area contributed by atoms with E-state index in [1.807, 2.05) is 10.9 Å². The van der Waals surface area contributed by atoms with E-state index in [9.17, 15) is 4.79 Å². The molecule has 1 aliphatic rings. The van der Waals surface area contributed by atoms with Crippen molar-refractivity contribution < 1.29 is 4.79 Å². The Hall–Kier alpha value is -3.02. The molecule has 1 aliphatic carbocycles. The summed E-state index contributed by atoms with van der Waals surface area (Å²) in [5.74, 6) is 0.0346. The number of fused-ring (bicyclic) bond motifs is 1. The fourth-order valence-corrected chi connectivity index (χ4v) is 4.05. The lowest BCUT2D eigenvalue weighted by Gasteiger charge is -2.36. The Labute approximate surface area is 171 Å². The predicted molar refractivity (Wildman–Crippen MR) is 112 cm³/mol. The first-order chi connectivity index (χ1) is 13.9. The zero-order valence-electron chi connectivity index (χ0n) is 17.2. The summed E-state index contributed by atoms with van der Waals surface area (Å²) in [5.41, 5.74) is 5.51. The fourth-order valence-electron chi connectivity index (χ4n) is 4.05. The molecule has 150 valence electrons. The van der Waals surface area contributed by atoms with Gasteiger partial charge in [-0.15, -0.1) is 0 Å². The average molecular weight is 390 g/mol. The number of rotatable bonds is 5. The summed E-state index contributed by atoms with van der Waals surface area (Å²) in [4.78, 5) is 20.9. The van der Waals surface area contributed by atoms with Gasteiger partial charge in [0.15, 0.2) is 0 Å². The van der Waals surface area contributed by atoms with Crippen molar-refractivity contribution in [2.24, 2.45) is 5.41 Å². The molecule has 6 heteroatoms. The van der Waals surface area contributed by atoms with Crippen LogP contribution in [0.4, 0.5) is 0 Å². The summed E-state index contributed by atoms with van der Waals surface area (Å²) in [7, 11) is 0. The zero-order valence-corrected chi connectivity index (χ0v) is 17.2. The first-order valence-corrected chi connectivity index (χ1v) is 10.1. The average Bonchev–Trinajstić information content (AvgIpc) is 3.10. The SMILES string of the molecule is Cc1ccc(-n2ncc3c2CC(C)(C)C[C@H]3NC(=O)CCc2cnccn2)cc1. The molecule has 0 bridgehead atoms. The molecule has 0 saturated carbocycles. The molecule has 0 spiro atoms. The minimum atomic E-state index is -0.0256. The number of nitrogens with zero attached hydrogens (tertiary/aromatic N) is 4. The van der Waals surface area contributed by atoms with Gasteiger partial charge in [0.25, 0.3) is 0 Å². The van der Waals surface area contributed by atoms with E-state index in [2.05, 4.69) is 65.4 Å². The van der Waals surface area contributed by atoms with Crippen molar-refractivity contribution in [3.8, 4) is 5.69 Å². The Balaban J connectivity index is 1.53. The number of amides is 1. The Morgan fingerprint density at radius 1 is 1.21 bits per heavy atom. The van der Waals surface area contributed by atoms with Crippen molar-refractivity contribution >= 4 is 5.91 Å². The topological polar surface area (TPSA) is 72.7 Å². The molecule has 1 atom stereocenters. The quantitative estimate of drug-likeness (QED) is 0.722. The molecule has 4 rings (SSSR count). The maximum atomic E-state index is 12.6. The summed E-state index contributed by atoms with van der Waals surface area (Å²) in [6.45, 7) is 6.58. The van der Waals surface area contributed by atoms with E-state index in [1.54, 1.807) is 18.6 Å². The molecule has 3 aromatic rings. The van der Waals surface area contributed by atoms with E-state index < -0.39 is 0 Å². The van der Waals surface area contributed by atoms with Gasteiger partial charge in [0, 0.05) is 30.6 Å². The molecule has 0 fully saturated rings. The fraction of sp³-hybridized carbons (Fsp3) is 0.391. The van der Waals surface area contributed by atoms with Gasteiger partial charge in [-0.1, -0.05) is 31.5 Å². The first kappa shape index (κ1) is 19.3. The standard InChI is InChI=1S/C23H27N5O/c1-16-4-7-18(8-5-16)28-21-13-23(2,3)12-20(19(21)15-26-28)27-22(29)9-6-17-14-24-10-11-25-17/h4-5,7-8,10-11,14-15,20H,6,9,12-13H2,1-3H3,(H,27,29)/t20-/m1/s1.